The van der Waals surface area contributed by atoms with Crippen molar-refractivity contribution in [1.82, 2.24) is 5.32 Å². The molecular formula is C18H19ClN2O3. The Balaban J connectivity index is 2.07. The van der Waals surface area contributed by atoms with E-state index < -0.39 is 0 Å². The molecule has 2 rings (SSSR count). The fraction of sp³-hybridized carbons (Fsp3) is 0.222. The van der Waals surface area contributed by atoms with Crippen LogP contribution in [0.4, 0.5) is 5.69 Å². The Hall–Kier alpha value is -2.53. The Labute approximate surface area is 146 Å². The van der Waals surface area contributed by atoms with Gasteiger partial charge in [0.25, 0.3) is 5.91 Å². The summed E-state index contributed by atoms with van der Waals surface area (Å²) in [6.07, 6.45) is 0. The van der Waals surface area contributed by atoms with E-state index in [1.54, 1.807) is 37.4 Å². The van der Waals surface area contributed by atoms with Gasteiger partial charge in [-0.1, -0.05) is 11.6 Å². The van der Waals surface area contributed by atoms with Gasteiger partial charge in [0.1, 0.15) is 5.75 Å². The highest BCUT2D eigenvalue weighted by atomic mass is 35.5. The monoisotopic (exact) mass is 346 g/mol. The van der Waals surface area contributed by atoms with Crippen LogP contribution < -0.4 is 15.4 Å². The molecule has 6 heteroatoms. The molecule has 126 valence electrons. The van der Waals surface area contributed by atoms with E-state index in [1.165, 1.54) is 6.92 Å². The third-order valence-electron chi connectivity index (χ3n) is 3.43. The lowest BCUT2D eigenvalue weighted by Crippen LogP contribution is -2.23. The average Bonchev–Trinajstić information content (AvgIpc) is 2.52. The molecule has 2 aromatic rings. The summed E-state index contributed by atoms with van der Waals surface area (Å²) < 4.78 is 5.37. The van der Waals surface area contributed by atoms with Crippen LogP contribution >= 0.6 is 11.6 Å². The van der Waals surface area contributed by atoms with Crippen molar-refractivity contribution in [2.75, 3.05) is 12.4 Å². The zero-order valence-electron chi connectivity index (χ0n) is 13.8. The molecule has 0 spiro atoms. The first kappa shape index (κ1) is 17.8. The second kappa shape index (κ2) is 7.84. The molecule has 0 bridgehead atoms. The Bertz CT molecular complexity index is 758. The normalized spacial score (nSPS) is 10.2. The van der Waals surface area contributed by atoms with Crippen molar-refractivity contribution in [1.29, 1.82) is 0 Å². The van der Waals surface area contributed by atoms with Crippen LogP contribution in [0.15, 0.2) is 36.4 Å². The number of carbonyl (C=O) groups is 2. The standard InChI is InChI=1S/C18H19ClN2O3/c1-11-8-15(19)9-14(17(11)24-3)10-20-18(23)13-4-6-16(7-5-13)21-12(2)22/h4-9H,10H2,1-3H3,(H,20,23)(H,21,22). The minimum Gasteiger partial charge on any atom is -0.496 e. The number of methoxy groups -OCH3 is 1. The number of anilines is 1. The summed E-state index contributed by atoms with van der Waals surface area (Å²) in [6, 6.07) is 10.3. The van der Waals surface area contributed by atoms with Gasteiger partial charge in [0.15, 0.2) is 0 Å². The highest BCUT2D eigenvalue weighted by Crippen LogP contribution is 2.27. The Morgan fingerprint density at radius 2 is 1.83 bits per heavy atom. The number of halogens is 1. The third-order valence-corrected chi connectivity index (χ3v) is 3.65. The van der Waals surface area contributed by atoms with Gasteiger partial charge in [-0.3, -0.25) is 9.59 Å². The summed E-state index contributed by atoms with van der Waals surface area (Å²) in [4.78, 5) is 23.2. The van der Waals surface area contributed by atoms with E-state index in [1.807, 2.05) is 13.0 Å². The number of ether oxygens (including phenoxy) is 1. The molecule has 0 saturated heterocycles. The van der Waals surface area contributed by atoms with Crippen LogP contribution in [-0.4, -0.2) is 18.9 Å². The zero-order chi connectivity index (χ0) is 17.7. The minimum absolute atomic E-state index is 0.157. The van der Waals surface area contributed by atoms with Crippen LogP contribution in [0, 0.1) is 6.92 Å². The van der Waals surface area contributed by atoms with Crippen LogP contribution in [0.5, 0.6) is 5.75 Å². The van der Waals surface area contributed by atoms with Crippen LogP contribution in [0.1, 0.15) is 28.4 Å². The van der Waals surface area contributed by atoms with Gasteiger partial charge in [-0.2, -0.15) is 0 Å². The maximum absolute atomic E-state index is 12.2. The molecule has 0 atom stereocenters. The molecule has 0 aromatic heterocycles. The fourth-order valence-corrected chi connectivity index (χ4v) is 2.70. The summed E-state index contributed by atoms with van der Waals surface area (Å²) in [5, 5.41) is 6.09. The topological polar surface area (TPSA) is 67.4 Å². The van der Waals surface area contributed by atoms with Crippen molar-refractivity contribution in [2.45, 2.75) is 20.4 Å². The Morgan fingerprint density at radius 3 is 2.42 bits per heavy atom. The van der Waals surface area contributed by atoms with E-state index in [4.69, 9.17) is 16.3 Å². The molecule has 2 N–H and O–H groups in total. The first-order chi connectivity index (χ1) is 11.4. The van der Waals surface area contributed by atoms with Gasteiger partial charge in [0, 0.05) is 35.3 Å². The van der Waals surface area contributed by atoms with Crippen molar-refractivity contribution in [3.63, 3.8) is 0 Å². The van der Waals surface area contributed by atoms with E-state index >= 15 is 0 Å². The number of nitrogens with one attached hydrogen (secondary N) is 2. The van der Waals surface area contributed by atoms with Crippen LogP contribution in [-0.2, 0) is 11.3 Å². The lowest BCUT2D eigenvalue weighted by Gasteiger charge is -2.13. The lowest BCUT2D eigenvalue weighted by atomic mass is 10.1. The van der Waals surface area contributed by atoms with Gasteiger partial charge >= 0.3 is 0 Å². The van der Waals surface area contributed by atoms with E-state index in [-0.39, 0.29) is 11.8 Å². The van der Waals surface area contributed by atoms with E-state index in [0.717, 1.165) is 11.1 Å². The van der Waals surface area contributed by atoms with Crippen molar-refractivity contribution >= 4 is 29.1 Å². The average molecular weight is 347 g/mol. The number of aryl methyl sites for hydroxylation is 1. The molecule has 0 unspecified atom stereocenters. The highest BCUT2D eigenvalue weighted by Gasteiger charge is 2.11. The van der Waals surface area contributed by atoms with Crippen molar-refractivity contribution in [3.8, 4) is 5.75 Å². The van der Waals surface area contributed by atoms with Crippen molar-refractivity contribution in [3.05, 3.63) is 58.1 Å². The maximum atomic E-state index is 12.2. The molecule has 0 fully saturated rings. The highest BCUT2D eigenvalue weighted by molar-refractivity contribution is 6.30. The van der Waals surface area contributed by atoms with Crippen LogP contribution in [0.25, 0.3) is 0 Å². The first-order valence-corrected chi connectivity index (χ1v) is 7.77. The predicted molar refractivity (Wildman–Crippen MR) is 94.7 cm³/mol. The zero-order valence-corrected chi connectivity index (χ0v) is 14.5. The van der Waals surface area contributed by atoms with Crippen LogP contribution in [0.2, 0.25) is 5.02 Å². The lowest BCUT2D eigenvalue weighted by molar-refractivity contribution is -0.114. The minimum atomic E-state index is -0.218. The second-order valence-corrected chi connectivity index (χ2v) is 5.79. The maximum Gasteiger partial charge on any atom is 0.251 e. The largest absolute Gasteiger partial charge is 0.496 e. The molecule has 0 aliphatic heterocycles. The number of amides is 2. The molecule has 0 aliphatic carbocycles. The fourth-order valence-electron chi connectivity index (χ4n) is 2.41. The van der Waals surface area contributed by atoms with Gasteiger partial charge in [-0.25, -0.2) is 0 Å². The number of benzene rings is 2. The molecule has 0 saturated carbocycles. The third kappa shape index (κ3) is 4.49. The van der Waals surface area contributed by atoms with Gasteiger partial charge in [0.05, 0.1) is 7.11 Å². The van der Waals surface area contributed by atoms with Gasteiger partial charge in [-0.15, -0.1) is 0 Å². The van der Waals surface area contributed by atoms with Gasteiger partial charge in [0.2, 0.25) is 5.91 Å². The number of carbonyl (C=O) groups excluding carboxylic acids is 2. The summed E-state index contributed by atoms with van der Waals surface area (Å²) in [7, 11) is 1.59. The van der Waals surface area contributed by atoms with E-state index in [0.29, 0.717) is 28.6 Å². The van der Waals surface area contributed by atoms with Crippen molar-refractivity contribution < 1.29 is 14.3 Å². The SMILES string of the molecule is COc1c(C)cc(Cl)cc1CNC(=O)c1ccc(NC(C)=O)cc1. The summed E-state index contributed by atoms with van der Waals surface area (Å²) in [5.41, 5.74) is 2.87. The van der Waals surface area contributed by atoms with Crippen LogP contribution in [0.3, 0.4) is 0 Å². The van der Waals surface area contributed by atoms with Gasteiger partial charge in [-0.05, 0) is 48.9 Å². The molecular weight excluding hydrogens is 328 g/mol. The molecule has 2 amide bonds. The number of rotatable bonds is 5. The van der Waals surface area contributed by atoms with Gasteiger partial charge < -0.3 is 15.4 Å². The number of hydrogen-bond donors (Lipinski definition) is 2. The summed E-state index contributed by atoms with van der Waals surface area (Å²) in [6.45, 7) is 3.63. The van der Waals surface area contributed by atoms with E-state index in [2.05, 4.69) is 10.6 Å². The second-order valence-electron chi connectivity index (χ2n) is 5.36. The predicted octanol–water partition coefficient (Wildman–Crippen LogP) is 3.55. The molecule has 5 nitrogen and oxygen atoms in total. The quantitative estimate of drug-likeness (QED) is 0.870. The van der Waals surface area contributed by atoms with Crippen molar-refractivity contribution in [2.24, 2.45) is 0 Å². The smallest absolute Gasteiger partial charge is 0.251 e. The molecule has 24 heavy (non-hydrogen) atoms. The molecule has 2 aromatic carbocycles. The Morgan fingerprint density at radius 1 is 1.17 bits per heavy atom. The van der Waals surface area contributed by atoms with E-state index in [9.17, 15) is 9.59 Å². The molecule has 0 heterocycles. The molecule has 0 radical (unpaired) electrons. The first-order valence-electron chi connectivity index (χ1n) is 7.39. The Kier molecular flexibility index (Phi) is 5.82. The number of hydrogen-bond acceptors (Lipinski definition) is 3. The molecule has 0 aliphatic rings. The summed E-state index contributed by atoms with van der Waals surface area (Å²) in [5.74, 6) is 0.334. The summed E-state index contributed by atoms with van der Waals surface area (Å²) >= 11 is 6.07.